The summed E-state index contributed by atoms with van der Waals surface area (Å²) in [5.41, 5.74) is 0.628. The summed E-state index contributed by atoms with van der Waals surface area (Å²) < 4.78 is 27.2. The van der Waals surface area contributed by atoms with E-state index < -0.39 is 22.5 Å². The zero-order valence-electron chi connectivity index (χ0n) is 9.21. The fourth-order valence-corrected chi connectivity index (χ4v) is 2.72. The van der Waals surface area contributed by atoms with Crippen molar-refractivity contribution in [2.45, 2.75) is 25.6 Å². The first-order chi connectivity index (χ1) is 7.85. The van der Waals surface area contributed by atoms with Gasteiger partial charge in [0.1, 0.15) is 12.2 Å². The molecule has 0 heterocycles. The van der Waals surface area contributed by atoms with Gasteiger partial charge in [0.25, 0.3) is 0 Å². The lowest BCUT2D eigenvalue weighted by atomic mass is 10.0. The van der Waals surface area contributed by atoms with Crippen molar-refractivity contribution in [3.05, 3.63) is 33.4 Å². The molecule has 17 heavy (non-hydrogen) atoms. The number of halogens is 1. The van der Waals surface area contributed by atoms with Crippen molar-refractivity contribution < 1.29 is 17.7 Å². The first-order valence-corrected chi connectivity index (χ1v) is 7.53. The Hall–Kier alpha value is -0.220. The van der Waals surface area contributed by atoms with Gasteiger partial charge in [-0.25, -0.2) is 5.14 Å². The maximum Gasteiger partial charge on any atom is 0.333 e. The van der Waals surface area contributed by atoms with Crippen LogP contribution in [0.1, 0.15) is 25.0 Å². The lowest BCUT2D eigenvalue weighted by molar-refractivity contribution is 0.0367. The molecule has 0 aromatic heterocycles. The molecule has 0 saturated heterocycles. The molecule has 1 rings (SSSR count). The van der Waals surface area contributed by atoms with Crippen molar-refractivity contribution in [3.63, 3.8) is 0 Å². The fourth-order valence-electron chi connectivity index (χ4n) is 1.43. The molecule has 2 atom stereocenters. The third kappa shape index (κ3) is 4.51. The van der Waals surface area contributed by atoms with Gasteiger partial charge in [0.2, 0.25) is 0 Å². The molecular weight excluding hydrogens is 357 g/mol. The average Bonchev–Trinajstić information content (AvgIpc) is 2.24. The maximum atomic E-state index is 10.9. The molecule has 0 amide bonds. The van der Waals surface area contributed by atoms with Gasteiger partial charge in [-0.3, -0.25) is 4.18 Å². The van der Waals surface area contributed by atoms with Crippen LogP contribution >= 0.6 is 22.6 Å². The Balaban J connectivity index is 2.94. The van der Waals surface area contributed by atoms with E-state index in [0.717, 1.165) is 3.57 Å². The molecule has 0 fully saturated rings. The zero-order chi connectivity index (χ0) is 13.1. The second-order valence-corrected chi connectivity index (χ2v) is 5.84. The number of aliphatic hydroxyl groups excluding tert-OH is 1. The van der Waals surface area contributed by atoms with E-state index in [4.69, 9.17) is 5.14 Å². The van der Waals surface area contributed by atoms with Crippen LogP contribution in [0.2, 0.25) is 0 Å². The monoisotopic (exact) mass is 371 g/mol. The molecule has 96 valence electrons. The lowest BCUT2D eigenvalue weighted by Gasteiger charge is -2.21. The minimum absolute atomic E-state index is 0.336. The van der Waals surface area contributed by atoms with Crippen LogP contribution in [0.4, 0.5) is 0 Å². The quantitative estimate of drug-likeness (QED) is 0.765. The number of rotatable bonds is 5. The van der Waals surface area contributed by atoms with E-state index in [-0.39, 0.29) is 0 Å². The zero-order valence-corrected chi connectivity index (χ0v) is 12.2. The van der Waals surface area contributed by atoms with E-state index in [1.54, 1.807) is 19.1 Å². The summed E-state index contributed by atoms with van der Waals surface area (Å²) in [4.78, 5) is 0. The van der Waals surface area contributed by atoms with E-state index in [1.807, 2.05) is 12.1 Å². The molecule has 1 aromatic rings. The highest BCUT2D eigenvalue weighted by atomic mass is 127. The van der Waals surface area contributed by atoms with Crippen LogP contribution < -0.4 is 5.14 Å². The van der Waals surface area contributed by atoms with E-state index in [1.165, 1.54) is 0 Å². The Bertz CT molecular complexity index is 477. The Morgan fingerprint density at radius 3 is 2.53 bits per heavy atom. The second kappa shape index (κ2) is 6.10. The van der Waals surface area contributed by atoms with Gasteiger partial charge in [-0.15, -0.1) is 0 Å². The van der Waals surface area contributed by atoms with Crippen molar-refractivity contribution in [1.29, 1.82) is 0 Å². The summed E-state index contributed by atoms with van der Waals surface area (Å²) in [5, 5.41) is 14.9. The first-order valence-electron chi connectivity index (χ1n) is 4.98. The van der Waals surface area contributed by atoms with E-state index in [0.29, 0.717) is 12.0 Å². The predicted molar refractivity (Wildman–Crippen MR) is 72.4 cm³/mol. The van der Waals surface area contributed by atoms with Gasteiger partial charge in [0.15, 0.2) is 0 Å². The summed E-state index contributed by atoms with van der Waals surface area (Å²) in [6.07, 6.45) is -1.56. The molecule has 3 N–H and O–H groups in total. The van der Waals surface area contributed by atoms with Gasteiger partial charge in [-0.1, -0.05) is 25.1 Å². The number of nitrogens with two attached hydrogens (primary N) is 1. The van der Waals surface area contributed by atoms with E-state index in [2.05, 4.69) is 26.8 Å². The summed E-state index contributed by atoms with van der Waals surface area (Å²) in [6, 6.07) is 7.15. The van der Waals surface area contributed by atoms with Crippen LogP contribution in [0.3, 0.4) is 0 Å². The molecule has 5 nitrogen and oxygen atoms in total. The van der Waals surface area contributed by atoms with Gasteiger partial charge < -0.3 is 5.11 Å². The van der Waals surface area contributed by atoms with Crippen LogP contribution in [0.15, 0.2) is 24.3 Å². The lowest BCUT2D eigenvalue weighted by Crippen LogP contribution is -2.29. The molecule has 7 heteroatoms. The average molecular weight is 371 g/mol. The van der Waals surface area contributed by atoms with Gasteiger partial charge >= 0.3 is 10.3 Å². The number of hydrogen-bond donors (Lipinski definition) is 2. The molecule has 0 aliphatic carbocycles. The largest absolute Gasteiger partial charge is 0.386 e. The summed E-state index contributed by atoms with van der Waals surface area (Å²) in [7, 11) is -4.06. The Kier molecular flexibility index (Phi) is 5.32. The Labute approximate surface area is 114 Å². The third-order valence-corrected chi connectivity index (χ3v) is 3.73. The smallest absolute Gasteiger partial charge is 0.333 e. The van der Waals surface area contributed by atoms with E-state index >= 15 is 0 Å². The molecule has 0 radical (unpaired) electrons. The van der Waals surface area contributed by atoms with E-state index in [9.17, 15) is 13.5 Å². The fraction of sp³-hybridized carbons (Fsp3) is 0.400. The molecule has 0 aliphatic heterocycles. The van der Waals surface area contributed by atoms with Crippen LogP contribution in [0.5, 0.6) is 0 Å². The van der Waals surface area contributed by atoms with Crippen molar-refractivity contribution in [2.24, 2.45) is 5.14 Å². The highest BCUT2D eigenvalue weighted by molar-refractivity contribution is 14.1. The second-order valence-electron chi connectivity index (χ2n) is 3.50. The Morgan fingerprint density at radius 2 is 2.06 bits per heavy atom. The SMILES string of the molecule is CC[C@H](OS(N)(=O)=O)[C@@H](O)c1ccccc1I. The molecule has 0 bridgehead atoms. The molecule has 1 aromatic carbocycles. The number of benzene rings is 1. The molecule has 0 aliphatic rings. The minimum atomic E-state index is -4.06. The van der Waals surface area contributed by atoms with Gasteiger partial charge in [-0.05, 0) is 40.6 Å². The van der Waals surface area contributed by atoms with Crippen molar-refractivity contribution in [3.8, 4) is 0 Å². The van der Waals surface area contributed by atoms with Gasteiger partial charge in [-0.2, -0.15) is 8.42 Å². The van der Waals surface area contributed by atoms with Crippen molar-refractivity contribution >= 4 is 32.9 Å². The molecular formula is C10H14INO4S. The van der Waals surface area contributed by atoms with Crippen molar-refractivity contribution in [2.75, 3.05) is 0 Å². The highest BCUT2D eigenvalue weighted by Crippen LogP contribution is 2.26. The topological polar surface area (TPSA) is 89.6 Å². The summed E-state index contributed by atoms with van der Waals surface area (Å²) >= 11 is 2.07. The first kappa shape index (κ1) is 14.8. The van der Waals surface area contributed by atoms with Gasteiger partial charge in [0.05, 0.1) is 0 Å². The van der Waals surface area contributed by atoms with Crippen molar-refractivity contribution in [1.82, 2.24) is 0 Å². The summed E-state index contributed by atoms with van der Waals surface area (Å²) in [6.45, 7) is 1.72. The molecule has 0 unspecified atom stereocenters. The molecule has 0 saturated carbocycles. The van der Waals surface area contributed by atoms with Crippen LogP contribution in [-0.4, -0.2) is 19.6 Å². The van der Waals surface area contributed by atoms with Crippen LogP contribution in [0, 0.1) is 3.57 Å². The number of aliphatic hydroxyl groups is 1. The summed E-state index contributed by atoms with van der Waals surface area (Å²) in [5.74, 6) is 0. The third-order valence-electron chi connectivity index (χ3n) is 2.24. The maximum absolute atomic E-state index is 10.9. The number of hydrogen-bond acceptors (Lipinski definition) is 4. The highest BCUT2D eigenvalue weighted by Gasteiger charge is 2.25. The molecule has 0 spiro atoms. The van der Waals surface area contributed by atoms with Crippen LogP contribution in [0.25, 0.3) is 0 Å². The standard InChI is InChI=1S/C10H14INO4S/c1-2-9(16-17(12,14)15)10(13)7-5-3-4-6-8(7)11/h3-6,9-10,13H,2H2,1H3,(H2,12,14,15)/t9-,10-/m0/s1. The predicted octanol–water partition coefficient (Wildman–Crippen LogP) is 1.32. The van der Waals surface area contributed by atoms with Gasteiger partial charge in [0, 0.05) is 3.57 Å². The normalized spacial score (nSPS) is 15.5. The minimum Gasteiger partial charge on any atom is -0.386 e. The Morgan fingerprint density at radius 1 is 1.47 bits per heavy atom. The van der Waals surface area contributed by atoms with Crippen LogP contribution in [-0.2, 0) is 14.5 Å².